The van der Waals surface area contributed by atoms with E-state index in [4.69, 9.17) is 10.2 Å². The number of hydrogen-bond donors (Lipinski definition) is 1. The summed E-state index contributed by atoms with van der Waals surface area (Å²) < 4.78 is 6.29. The minimum Gasteiger partial charge on any atom is -0.412 e. The van der Waals surface area contributed by atoms with Gasteiger partial charge in [0.05, 0.1) is 6.10 Å². The van der Waals surface area contributed by atoms with Gasteiger partial charge in [0.2, 0.25) is 0 Å². The second kappa shape index (κ2) is 3.95. The van der Waals surface area contributed by atoms with Crippen molar-refractivity contribution in [2.45, 2.75) is 70.3 Å². The largest absolute Gasteiger partial charge is 0.412 e. The van der Waals surface area contributed by atoms with Crippen molar-refractivity contribution in [3.05, 3.63) is 0 Å². The van der Waals surface area contributed by atoms with E-state index in [0.717, 1.165) is 12.8 Å². The Morgan fingerprint density at radius 2 is 1.79 bits per heavy atom. The average molecular weight is 215 g/mol. The van der Waals surface area contributed by atoms with Gasteiger partial charge < -0.3 is 10.2 Å². The molecule has 0 aromatic rings. The van der Waals surface area contributed by atoms with Crippen LogP contribution in [0.4, 0.5) is 0 Å². The zero-order valence-corrected chi connectivity index (χ0v) is 11.3. The molecule has 1 fully saturated rings. The van der Waals surface area contributed by atoms with E-state index >= 15 is 0 Å². The molecule has 0 spiro atoms. The molecule has 1 rings (SSSR count). The Kier molecular flexibility index (Phi) is 3.44. The molecule has 0 saturated heterocycles. The van der Waals surface area contributed by atoms with E-state index < -0.39 is 8.32 Å². The van der Waals surface area contributed by atoms with Crippen LogP contribution in [0.25, 0.3) is 0 Å². The maximum Gasteiger partial charge on any atom is 0.192 e. The lowest BCUT2D eigenvalue weighted by Gasteiger charge is -2.39. The van der Waals surface area contributed by atoms with Gasteiger partial charge in [0.25, 0.3) is 0 Å². The Hall–Kier alpha value is 0.137. The summed E-state index contributed by atoms with van der Waals surface area (Å²) in [4.78, 5) is 0. The Morgan fingerprint density at radius 3 is 2.14 bits per heavy atom. The van der Waals surface area contributed by atoms with Crippen LogP contribution < -0.4 is 5.73 Å². The molecule has 2 atom stereocenters. The summed E-state index contributed by atoms with van der Waals surface area (Å²) >= 11 is 0. The topological polar surface area (TPSA) is 35.2 Å². The quantitative estimate of drug-likeness (QED) is 0.719. The first-order valence-electron chi connectivity index (χ1n) is 5.67. The molecule has 1 aliphatic rings. The van der Waals surface area contributed by atoms with Crippen LogP contribution in [0, 0.1) is 0 Å². The van der Waals surface area contributed by atoms with Crippen molar-refractivity contribution in [3.8, 4) is 0 Å². The molecule has 14 heavy (non-hydrogen) atoms. The highest BCUT2D eigenvalue weighted by molar-refractivity contribution is 6.74. The highest BCUT2D eigenvalue weighted by Crippen LogP contribution is 2.39. The highest BCUT2D eigenvalue weighted by Gasteiger charge is 2.41. The van der Waals surface area contributed by atoms with E-state index in [9.17, 15) is 0 Å². The molecular weight excluding hydrogens is 190 g/mol. The smallest absolute Gasteiger partial charge is 0.192 e. The fourth-order valence-corrected chi connectivity index (χ4v) is 3.06. The molecule has 0 amide bonds. The van der Waals surface area contributed by atoms with Gasteiger partial charge in [-0.15, -0.1) is 0 Å². The van der Waals surface area contributed by atoms with E-state index in [1.54, 1.807) is 0 Å². The molecule has 2 N–H and O–H groups in total. The van der Waals surface area contributed by atoms with Gasteiger partial charge in [-0.25, -0.2) is 0 Å². The normalized spacial score (nSPS) is 29.6. The van der Waals surface area contributed by atoms with Crippen molar-refractivity contribution in [3.63, 3.8) is 0 Å². The van der Waals surface area contributed by atoms with Crippen LogP contribution in [-0.2, 0) is 4.43 Å². The molecular formula is C11H25NOSi. The lowest BCUT2D eigenvalue weighted by atomic mass is 10.2. The maximum atomic E-state index is 6.29. The molecule has 84 valence electrons. The van der Waals surface area contributed by atoms with Crippen LogP contribution in [-0.4, -0.2) is 20.5 Å². The molecule has 1 aliphatic carbocycles. The van der Waals surface area contributed by atoms with Crippen molar-refractivity contribution in [1.82, 2.24) is 0 Å². The number of hydrogen-bond acceptors (Lipinski definition) is 2. The minimum atomic E-state index is -1.59. The van der Waals surface area contributed by atoms with Gasteiger partial charge >= 0.3 is 0 Å². The second-order valence-corrected chi connectivity index (χ2v) is 10.8. The number of rotatable bonds is 2. The van der Waals surface area contributed by atoms with Gasteiger partial charge in [0.15, 0.2) is 8.32 Å². The fourth-order valence-electron chi connectivity index (χ4n) is 1.66. The van der Waals surface area contributed by atoms with Crippen molar-refractivity contribution in [1.29, 1.82) is 0 Å². The van der Waals surface area contributed by atoms with Crippen LogP contribution in [0.1, 0.15) is 40.0 Å². The van der Waals surface area contributed by atoms with E-state index in [-0.39, 0.29) is 6.04 Å². The third-order valence-corrected chi connectivity index (χ3v) is 8.26. The Bertz CT molecular complexity index is 198. The van der Waals surface area contributed by atoms with Gasteiger partial charge in [0, 0.05) is 6.04 Å². The van der Waals surface area contributed by atoms with Crippen LogP contribution in [0.2, 0.25) is 18.1 Å². The van der Waals surface area contributed by atoms with Crippen molar-refractivity contribution >= 4 is 8.32 Å². The second-order valence-electron chi connectivity index (χ2n) is 6.01. The Balaban J connectivity index is 2.58. The fraction of sp³-hybridized carbons (Fsp3) is 1.00. The highest BCUT2D eigenvalue weighted by atomic mass is 28.4. The minimum absolute atomic E-state index is 0.282. The molecule has 0 aromatic heterocycles. The third kappa shape index (κ3) is 2.58. The first-order valence-corrected chi connectivity index (χ1v) is 8.58. The molecule has 3 heteroatoms. The molecule has 0 radical (unpaired) electrons. The van der Waals surface area contributed by atoms with Gasteiger partial charge in [-0.05, 0) is 37.4 Å². The van der Waals surface area contributed by atoms with E-state index in [2.05, 4.69) is 33.9 Å². The predicted octanol–water partition coefficient (Wildman–Crippen LogP) is 2.89. The zero-order chi connectivity index (χ0) is 11.0. The standard InChI is InChI=1S/C11H25NOSi/c1-11(2,3)14(4,5)13-10-8-6-7-9(10)12/h9-10H,6-8,12H2,1-5H3/t9-,10?/m1/s1. The van der Waals surface area contributed by atoms with Gasteiger partial charge in [0.1, 0.15) is 0 Å². The summed E-state index contributed by atoms with van der Waals surface area (Å²) in [5.41, 5.74) is 6.03. The monoisotopic (exact) mass is 215 g/mol. The van der Waals surface area contributed by atoms with Crippen molar-refractivity contribution < 1.29 is 4.43 Å². The summed E-state index contributed by atoms with van der Waals surface area (Å²) in [5, 5.41) is 0.301. The molecule has 0 bridgehead atoms. The molecule has 0 heterocycles. The summed E-state index contributed by atoms with van der Waals surface area (Å²) in [5.74, 6) is 0. The molecule has 1 unspecified atom stereocenters. The summed E-state index contributed by atoms with van der Waals surface area (Å²) in [7, 11) is -1.59. The van der Waals surface area contributed by atoms with Crippen LogP contribution in [0.5, 0.6) is 0 Å². The van der Waals surface area contributed by atoms with E-state index in [1.165, 1.54) is 6.42 Å². The first kappa shape index (κ1) is 12.2. The van der Waals surface area contributed by atoms with Crippen LogP contribution in [0.3, 0.4) is 0 Å². The van der Waals surface area contributed by atoms with E-state index in [1.807, 2.05) is 0 Å². The predicted molar refractivity (Wildman–Crippen MR) is 63.9 cm³/mol. The van der Waals surface area contributed by atoms with E-state index in [0.29, 0.717) is 11.1 Å². The Morgan fingerprint density at radius 1 is 1.21 bits per heavy atom. The third-order valence-electron chi connectivity index (χ3n) is 3.76. The zero-order valence-electron chi connectivity index (χ0n) is 10.3. The summed E-state index contributed by atoms with van der Waals surface area (Å²) in [6.45, 7) is 11.4. The molecule has 1 saturated carbocycles. The summed E-state index contributed by atoms with van der Waals surface area (Å²) in [6.07, 6.45) is 3.86. The first-order chi connectivity index (χ1) is 6.24. The molecule has 0 aliphatic heterocycles. The lowest BCUT2D eigenvalue weighted by molar-refractivity contribution is 0.171. The van der Waals surface area contributed by atoms with Crippen LogP contribution >= 0.6 is 0 Å². The van der Waals surface area contributed by atoms with Crippen molar-refractivity contribution in [2.75, 3.05) is 0 Å². The summed E-state index contributed by atoms with van der Waals surface area (Å²) in [6, 6.07) is 0.282. The molecule has 0 aromatic carbocycles. The van der Waals surface area contributed by atoms with Gasteiger partial charge in [-0.1, -0.05) is 20.8 Å². The lowest BCUT2D eigenvalue weighted by Crippen LogP contribution is -2.47. The molecule has 2 nitrogen and oxygen atoms in total. The average Bonchev–Trinajstić information content (AvgIpc) is 2.33. The maximum absolute atomic E-state index is 6.29. The van der Waals surface area contributed by atoms with Gasteiger partial charge in [-0.3, -0.25) is 0 Å². The van der Waals surface area contributed by atoms with Crippen molar-refractivity contribution in [2.24, 2.45) is 5.73 Å². The SMILES string of the molecule is CC(C)(C)[Si](C)(C)OC1CCC[C@H]1N. The Labute approximate surface area is 89.3 Å². The number of nitrogens with two attached hydrogens (primary N) is 1. The van der Waals surface area contributed by atoms with Gasteiger partial charge in [-0.2, -0.15) is 0 Å². The van der Waals surface area contributed by atoms with Crippen LogP contribution in [0.15, 0.2) is 0 Å².